The van der Waals surface area contributed by atoms with E-state index >= 15 is 0 Å². The molecule has 4 heteroatoms. The monoisotopic (exact) mass is 390 g/mol. The van der Waals surface area contributed by atoms with Gasteiger partial charge in [-0.2, -0.15) is 0 Å². The molecule has 1 aliphatic carbocycles. The molecule has 4 rings (SSSR count). The molecule has 1 unspecified atom stereocenters. The average Bonchev–Trinajstić information content (AvgIpc) is 3.14. The minimum Gasteiger partial charge on any atom is -0.348 e. The molecule has 4 nitrogen and oxygen atoms in total. The molecule has 0 radical (unpaired) electrons. The van der Waals surface area contributed by atoms with Crippen LogP contribution in [-0.4, -0.2) is 29.3 Å². The number of carbonyl (C=O) groups is 2. The highest BCUT2D eigenvalue weighted by Gasteiger charge is 2.36. The van der Waals surface area contributed by atoms with Crippen molar-refractivity contribution in [3.8, 4) is 0 Å². The Morgan fingerprint density at radius 3 is 2.34 bits per heavy atom. The summed E-state index contributed by atoms with van der Waals surface area (Å²) in [5, 5.41) is 2.96. The van der Waals surface area contributed by atoms with Gasteiger partial charge in [0.25, 0.3) is 5.91 Å². The fourth-order valence-corrected chi connectivity index (χ4v) is 4.66. The number of benzene rings is 2. The molecule has 1 N–H and O–H groups in total. The molecule has 1 saturated heterocycles. The third-order valence-electron chi connectivity index (χ3n) is 6.36. The first-order valence-electron chi connectivity index (χ1n) is 10.9. The molecule has 2 fully saturated rings. The summed E-state index contributed by atoms with van der Waals surface area (Å²) in [6.07, 6.45) is 7.90. The van der Waals surface area contributed by atoms with Crippen LogP contribution in [0.4, 0.5) is 0 Å². The summed E-state index contributed by atoms with van der Waals surface area (Å²) in [5.41, 5.74) is 2.87. The summed E-state index contributed by atoms with van der Waals surface area (Å²) in [4.78, 5) is 27.4. The van der Waals surface area contributed by atoms with Gasteiger partial charge in [-0.1, -0.05) is 61.7 Å². The molecule has 2 aromatic carbocycles. The number of nitrogens with one attached hydrogen (secondary N) is 1. The molecular formula is C25H30N2O2. The second-order valence-corrected chi connectivity index (χ2v) is 8.38. The second kappa shape index (κ2) is 9.25. The summed E-state index contributed by atoms with van der Waals surface area (Å²) in [6, 6.07) is 18.1. The molecule has 1 atom stereocenters. The van der Waals surface area contributed by atoms with Crippen molar-refractivity contribution in [2.45, 2.75) is 57.5 Å². The minimum absolute atomic E-state index is 0.0687. The lowest BCUT2D eigenvalue weighted by molar-refractivity contribution is -0.133. The van der Waals surface area contributed by atoms with E-state index in [1.165, 1.54) is 32.1 Å². The summed E-state index contributed by atoms with van der Waals surface area (Å²) in [7, 11) is 0. The molecular weight excluding hydrogens is 360 g/mol. The van der Waals surface area contributed by atoms with Gasteiger partial charge in [0.05, 0.1) is 0 Å². The zero-order valence-corrected chi connectivity index (χ0v) is 17.0. The summed E-state index contributed by atoms with van der Waals surface area (Å²) in [5.74, 6) is 0.358. The van der Waals surface area contributed by atoms with Gasteiger partial charge >= 0.3 is 0 Å². The number of likely N-dealkylation sites (tertiary alicyclic amines) is 1. The maximum Gasteiger partial charge on any atom is 0.251 e. The van der Waals surface area contributed by atoms with E-state index in [1.807, 2.05) is 54.6 Å². The highest BCUT2D eigenvalue weighted by atomic mass is 16.2. The van der Waals surface area contributed by atoms with Crippen LogP contribution in [0.1, 0.15) is 60.0 Å². The molecule has 1 saturated carbocycles. The number of rotatable bonds is 6. The smallest absolute Gasteiger partial charge is 0.251 e. The van der Waals surface area contributed by atoms with Crippen LogP contribution in [0.5, 0.6) is 0 Å². The van der Waals surface area contributed by atoms with Crippen LogP contribution in [-0.2, 0) is 17.8 Å². The maximum atomic E-state index is 12.9. The highest BCUT2D eigenvalue weighted by Crippen LogP contribution is 2.30. The van der Waals surface area contributed by atoms with Gasteiger partial charge in [0.2, 0.25) is 5.91 Å². The van der Waals surface area contributed by atoms with Crippen LogP contribution in [0.15, 0.2) is 54.6 Å². The van der Waals surface area contributed by atoms with Crippen LogP contribution >= 0.6 is 0 Å². The van der Waals surface area contributed by atoms with Crippen molar-refractivity contribution in [3.63, 3.8) is 0 Å². The van der Waals surface area contributed by atoms with Crippen LogP contribution in [0, 0.1) is 5.92 Å². The van der Waals surface area contributed by atoms with Crippen LogP contribution < -0.4 is 5.32 Å². The summed E-state index contributed by atoms with van der Waals surface area (Å²) >= 11 is 0. The molecule has 2 aromatic rings. The quantitative estimate of drug-likeness (QED) is 0.798. The second-order valence-electron chi connectivity index (χ2n) is 8.38. The van der Waals surface area contributed by atoms with Crippen LogP contribution in [0.2, 0.25) is 0 Å². The van der Waals surface area contributed by atoms with Crippen LogP contribution in [0.3, 0.4) is 0 Å². The third kappa shape index (κ3) is 4.87. The van der Waals surface area contributed by atoms with Gasteiger partial charge in [0.1, 0.15) is 0 Å². The number of hydrogen-bond acceptors (Lipinski definition) is 2. The van der Waals surface area contributed by atoms with Crippen molar-refractivity contribution in [1.29, 1.82) is 0 Å². The summed E-state index contributed by atoms with van der Waals surface area (Å²) in [6.45, 7) is 1.43. The van der Waals surface area contributed by atoms with Gasteiger partial charge in [-0.15, -0.1) is 0 Å². The van der Waals surface area contributed by atoms with Gasteiger partial charge in [-0.25, -0.2) is 0 Å². The van der Waals surface area contributed by atoms with Crippen molar-refractivity contribution >= 4 is 11.8 Å². The van der Waals surface area contributed by atoms with E-state index in [9.17, 15) is 9.59 Å². The van der Waals surface area contributed by atoms with Crippen molar-refractivity contribution in [2.75, 3.05) is 6.54 Å². The first-order chi connectivity index (χ1) is 14.2. The average molecular weight is 391 g/mol. The molecule has 152 valence electrons. The Balaban J connectivity index is 1.30. The minimum atomic E-state index is -0.0687. The molecule has 2 amide bonds. The van der Waals surface area contributed by atoms with Gasteiger partial charge in [0, 0.05) is 30.6 Å². The Hall–Kier alpha value is -2.62. The largest absolute Gasteiger partial charge is 0.348 e. The Bertz CT molecular complexity index is 826. The topological polar surface area (TPSA) is 49.4 Å². The van der Waals surface area contributed by atoms with E-state index in [1.54, 1.807) is 0 Å². The fourth-order valence-electron chi connectivity index (χ4n) is 4.66. The van der Waals surface area contributed by atoms with E-state index in [2.05, 4.69) is 10.2 Å². The predicted molar refractivity (Wildman–Crippen MR) is 114 cm³/mol. The number of carbonyl (C=O) groups excluding carboxylic acids is 2. The lowest BCUT2D eigenvalue weighted by Gasteiger charge is -2.31. The first kappa shape index (κ1) is 19.7. The molecule has 0 aromatic heterocycles. The van der Waals surface area contributed by atoms with E-state index in [0.717, 1.165) is 30.5 Å². The van der Waals surface area contributed by atoms with Gasteiger partial charge < -0.3 is 10.2 Å². The Morgan fingerprint density at radius 2 is 1.62 bits per heavy atom. The zero-order valence-electron chi connectivity index (χ0n) is 17.0. The fraction of sp³-hybridized carbons (Fsp3) is 0.440. The molecule has 0 bridgehead atoms. The molecule has 2 aliphatic rings. The van der Waals surface area contributed by atoms with E-state index in [-0.39, 0.29) is 11.8 Å². The normalized spacial score (nSPS) is 20.1. The predicted octanol–water partition coefficient (Wildman–Crippen LogP) is 4.34. The van der Waals surface area contributed by atoms with Gasteiger partial charge in [0.15, 0.2) is 0 Å². The SMILES string of the molecule is O=C(NCc1ccccc1)c1ccc(CC2CCN(C3CCCCC3)C2=O)cc1. The van der Waals surface area contributed by atoms with E-state index < -0.39 is 0 Å². The first-order valence-corrected chi connectivity index (χ1v) is 10.9. The standard InChI is InChI=1S/C25H30N2O2/c28-24(26-18-20-7-3-1-4-8-20)21-13-11-19(12-14-21)17-22-15-16-27(25(22)29)23-9-5-2-6-10-23/h1,3-4,7-8,11-14,22-23H,2,5-6,9-10,15-18H2,(H,26,28). The number of hydrogen-bond donors (Lipinski definition) is 1. The highest BCUT2D eigenvalue weighted by molar-refractivity contribution is 5.94. The zero-order chi connectivity index (χ0) is 20.1. The van der Waals surface area contributed by atoms with Crippen molar-refractivity contribution in [3.05, 3.63) is 71.3 Å². The van der Waals surface area contributed by atoms with Crippen molar-refractivity contribution in [1.82, 2.24) is 10.2 Å². The van der Waals surface area contributed by atoms with Crippen LogP contribution in [0.25, 0.3) is 0 Å². The molecule has 1 aliphatic heterocycles. The Labute approximate surface area is 173 Å². The number of nitrogens with zero attached hydrogens (tertiary/aromatic N) is 1. The molecule has 1 heterocycles. The Morgan fingerprint density at radius 1 is 0.897 bits per heavy atom. The van der Waals surface area contributed by atoms with Crippen molar-refractivity contribution in [2.24, 2.45) is 5.92 Å². The van der Waals surface area contributed by atoms with E-state index in [0.29, 0.717) is 24.1 Å². The van der Waals surface area contributed by atoms with Gasteiger partial charge in [-0.05, 0) is 48.9 Å². The lowest BCUT2D eigenvalue weighted by atomic mass is 9.94. The lowest BCUT2D eigenvalue weighted by Crippen LogP contribution is -2.39. The van der Waals surface area contributed by atoms with Crippen molar-refractivity contribution < 1.29 is 9.59 Å². The number of amides is 2. The Kier molecular flexibility index (Phi) is 6.28. The molecule has 0 spiro atoms. The van der Waals surface area contributed by atoms with E-state index in [4.69, 9.17) is 0 Å². The maximum absolute atomic E-state index is 12.9. The third-order valence-corrected chi connectivity index (χ3v) is 6.36. The van der Waals surface area contributed by atoms with Gasteiger partial charge in [-0.3, -0.25) is 9.59 Å². The summed E-state index contributed by atoms with van der Waals surface area (Å²) < 4.78 is 0. The molecule has 29 heavy (non-hydrogen) atoms.